The Hall–Kier alpha value is -2.03. The number of carbonyl (C=O) groups is 1. The van der Waals surface area contributed by atoms with Gasteiger partial charge in [0, 0.05) is 5.54 Å². The molecule has 0 spiro atoms. The summed E-state index contributed by atoms with van der Waals surface area (Å²) >= 11 is 0. The van der Waals surface area contributed by atoms with Crippen LogP contribution in [0.3, 0.4) is 0 Å². The van der Waals surface area contributed by atoms with Crippen molar-refractivity contribution in [3.63, 3.8) is 0 Å². The number of hydrogen-bond donors (Lipinski definition) is 2. The van der Waals surface area contributed by atoms with Crippen molar-refractivity contribution in [2.45, 2.75) is 41.0 Å². The lowest BCUT2D eigenvalue weighted by molar-refractivity contribution is 0.0693. The van der Waals surface area contributed by atoms with Crippen molar-refractivity contribution >= 4 is 26.8 Å². The van der Waals surface area contributed by atoms with Crippen molar-refractivity contribution < 1.29 is 22.5 Å². The van der Waals surface area contributed by atoms with Gasteiger partial charge < -0.3 is 5.11 Å². The molecule has 0 radical (unpaired) electrons. The van der Waals surface area contributed by atoms with Crippen LogP contribution >= 0.6 is 0 Å². The number of benzene rings is 2. The highest BCUT2D eigenvalue weighted by atomic mass is 32.2. The minimum Gasteiger partial charge on any atom is -0.478 e. The lowest BCUT2D eigenvalue weighted by atomic mass is 10.1. The molecule has 2 rings (SSSR count). The number of nitrogens with one attached hydrogen (secondary N) is 1. The summed E-state index contributed by atoms with van der Waals surface area (Å²) < 4.78 is 40.8. The van der Waals surface area contributed by atoms with E-state index in [1.807, 2.05) is 0 Å². The molecule has 0 aliphatic rings. The topological polar surface area (TPSA) is 101 Å². The molecule has 2 aromatic carbocycles. The third kappa shape index (κ3) is 4.53. The Morgan fingerprint density at radius 3 is 2.08 bits per heavy atom. The lowest BCUT2D eigenvalue weighted by Crippen LogP contribution is -2.40. The fourth-order valence-corrected chi connectivity index (χ4v) is 5.52. The number of hydrogen-bond acceptors (Lipinski definition) is 4. The molecule has 6 nitrogen and oxygen atoms in total. The van der Waals surface area contributed by atoms with Gasteiger partial charge in [-0.1, -0.05) is 24.3 Å². The van der Waals surface area contributed by atoms with Crippen molar-refractivity contribution in [1.82, 2.24) is 4.72 Å². The van der Waals surface area contributed by atoms with Crippen LogP contribution in [0.15, 0.2) is 63.2 Å². The predicted molar refractivity (Wildman–Crippen MR) is 94.6 cm³/mol. The predicted octanol–water partition coefficient (Wildman–Crippen LogP) is 2.63. The van der Waals surface area contributed by atoms with E-state index >= 15 is 0 Å². The Bertz CT molecular complexity index is 930. The summed E-state index contributed by atoms with van der Waals surface area (Å²) in [6.07, 6.45) is 0. The molecule has 1 atom stereocenters. The molecule has 0 saturated heterocycles. The standard InChI is InChI=1S/C17H19NO5S2/c1-17(2,3)18-25(22,23)15-11-7-6-10-14(15)24(21)13-9-5-4-8-12(13)16(19)20/h4-11,18H,1-3H3,(H,19,20). The van der Waals surface area contributed by atoms with Gasteiger partial charge in [0.05, 0.1) is 31.0 Å². The quantitative estimate of drug-likeness (QED) is 0.829. The molecule has 0 amide bonds. The molecule has 0 aliphatic heterocycles. The average Bonchev–Trinajstić information content (AvgIpc) is 2.52. The Morgan fingerprint density at radius 1 is 1.00 bits per heavy atom. The molecule has 1 unspecified atom stereocenters. The first-order chi connectivity index (χ1) is 11.5. The molecule has 0 bridgehead atoms. The first-order valence-corrected chi connectivity index (χ1v) is 10.0. The number of carboxylic acids is 1. The third-order valence-electron chi connectivity index (χ3n) is 3.10. The molecule has 0 aromatic heterocycles. The highest BCUT2D eigenvalue weighted by molar-refractivity contribution is 7.91. The normalized spacial score (nSPS) is 13.4. The van der Waals surface area contributed by atoms with Gasteiger partial charge in [-0.3, -0.25) is 0 Å². The zero-order valence-electron chi connectivity index (χ0n) is 14.0. The zero-order chi connectivity index (χ0) is 18.8. The smallest absolute Gasteiger partial charge is 0.336 e. The van der Waals surface area contributed by atoms with Gasteiger partial charge in [-0.25, -0.2) is 22.1 Å². The number of carboxylic acid groups (broad SMARTS) is 1. The van der Waals surface area contributed by atoms with Crippen molar-refractivity contribution in [3.8, 4) is 0 Å². The summed E-state index contributed by atoms with van der Waals surface area (Å²) in [4.78, 5) is 11.3. The van der Waals surface area contributed by atoms with Gasteiger partial charge in [-0.15, -0.1) is 0 Å². The van der Waals surface area contributed by atoms with Crippen LogP contribution in [0.2, 0.25) is 0 Å². The average molecular weight is 381 g/mol. The molecule has 0 heterocycles. The van der Waals surface area contributed by atoms with Crippen LogP contribution in [0.1, 0.15) is 31.1 Å². The van der Waals surface area contributed by atoms with Gasteiger partial charge in [0.15, 0.2) is 0 Å². The van der Waals surface area contributed by atoms with Crippen LogP contribution in [0, 0.1) is 0 Å². The maximum Gasteiger partial charge on any atom is 0.336 e. The molecule has 0 aliphatic carbocycles. The van der Waals surface area contributed by atoms with Crippen molar-refractivity contribution in [2.75, 3.05) is 0 Å². The monoisotopic (exact) mass is 381 g/mol. The molecular weight excluding hydrogens is 362 g/mol. The van der Waals surface area contributed by atoms with Crippen LogP contribution in [0.4, 0.5) is 0 Å². The molecule has 8 heteroatoms. The van der Waals surface area contributed by atoms with Gasteiger partial charge >= 0.3 is 5.97 Å². The van der Waals surface area contributed by atoms with Gasteiger partial charge in [-0.05, 0) is 45.0 Å². The number of sulfonamides is 1. The minimum atomic E-state index is -3.93. The van der Waals surface area contributed by atoms with Gasteiger partial charge in [0.2, 0.25) is 10.0 Å². The second-order valence-electron chi connectivity index (χ2n) is 6.37. The molecule has 25 heavy (non-hydrogen) atoms. The van der Waals surface area contributed by atoms with E-state index < -0.39 is 32.3 Å². The fraction of sp³-hybridized carbons (Fsp3) is 0.235. The fourth-order valence-electron chi connectivity index (χ4n) is 2.21. The number of aromatic carboxylic acids is 1. The second-order valence-corrected chi connectivity index (χ2v) is 9.44. The first-order valence-electron chi connectivity index (χ1n) is 7.40. The molecule has 0 saturated carbocycles. The molecular formula is C17H19NO5S2. The summed E-state index contributed by atoms with van der Waals surface area (Å²) in [5, 5.41) is 9.28. The Kier molecular flexibility index (Phi) is 5.46. The molecule has 2 aromatic rings. The van der Waals surface area contributed by atoms with Gasteiger partial charge in [0.25, 0.3) is 0 Å². The number of rotatable bonds is 5. The summed E-state index contributed by atoms with van der Waals surface area (Å²) in [6.45, 7) is 5.09. The Labute approximate surface area is 149 Å². The van der Waals surface area contributed by atoms with Crippen molar-refractivity contribution in [3.05, 3.63) is 54.1 Å². The summed E-state index contributed by atoms with van der Waals surface area (Å²) in [5.41, 5.74) is -0.844. The van der Waals surface area contributed by atoms with Gasteiger partial charge in [-0.2, -0.15) is 0 Å². The SMILES string of the molecule is CC(C)(C)NS(=O)(=O)c1ccccc1S(=O)c1ccccc1C(=O)O. The van der Waals surface area contributed by atoms with Crippen molar-refractivity contribution in [2.24, 2.45) is 0 Å². The highest BCUT2D eigenvalue weighted by Gasteiger charge is 2.27. The van der Waals surface area contributed by atoms with Crippen molar-refractivity contribution in [1.29, 1.82) is 0 Å². The van der Waals surface area contributed by atoms with E-state index in [-0.39, 0.29) is 20.2 Å². The minimum absolute atomic E-state index is 0.0351. The zero-order valence-corrected chi connectivity index (χ0v) is 15.6. The van der Waals surface area contributed by atoms with E-state index in [2.05, 4.69) is 4.72 Å². The van der Waals surface area contributed by atoms with Crippen LogP contribution in [0.25, 0.3) is 0 Å². The van der Waals surface area contributed by atoms with E-state index in [0.29, 0.717) is 0 Å². The lowest BCUT2D eigenvalue weighted by Gasteiger charge is -2.21. The Morgan fingerprint density at radius 2 is 1.52 bits per heavy atom. The molecule has 2 N–H and O–H groups in total. The maximum absolute atomic E-state index is 13.0. The largest absolute Gasteiger partial charge is 0.478 e. The molecule has 134 valence electrons. The van der Waals surface area contributed by atoms with E-state index in [9.17, 15) is 22.5 Å². The van der Waals surface area contributed by atoms with E-state index in [1.54, 1.807) is 32.9 Å². The van der Waals surface area contributed by atoms with Crippen LogP contribution < -0.4 is 4.72 Å². The van der Waals surface area contributed by atoms with Crippen LogP contribution in [-0.2, 0) is 20.8 Å². The molecule has 0 fully saturated rings. The van der Waals surface area contributed by atoms with E-state index in [4.69, 9.17) is 0 Å². The summed E-state index contributed by atoms with van der Waals surface area (Å²) in [6, 6.07) is 11.7. The second kappa shape index (κ2) is 7.07. The maximum atomic E-state index is 13.0. The first kappa shape index (κ1) is 19.3. The third-order valence-corrected chi connectivity index (χ3v) is 6.55. The highest BCUT2D eigenvalue weighted by Crippen LogP contribution is 2.26. The Balaban J connectivity index is 2.60. The van der Waals surface area contributed by atoms with Crippen LogP contribution in [-0.4, -0.2) is 29.2 Å². The van der Waals surface area contributed by atoms with E-state index in [0.717, 1.165) is 0 Å². The summed E-state index contributed by atoms with van der Waals surface area (Å²) in [7, 11) is -5.89. The van der Waals surface area contributed by atoms with Crippen LogP contribution in [0.5, 0.6) is 0 Å². The van der Waals surface area contributed by atoms with Gasteiger partial charge in [0.1, 0.15) is 0 Å². The summed E-state index contributed by atoms with van der Waals surface area (Å²) in [5.74, 6) is -1.22. The van der Waals surface area contributed by atoms with E-state index in [1.165, 1.54) is 36.4 Å².